The summed E-state index contributed by atoms with van der Waals surface area (Å²) in [6, 6.07) is 16.3. The van der Waals surface area contributed by atoms with Crippen LogP contribution in [-0.2, 0) is 38.0 Å². The molecule has 0 heterocycles. The number of methoxy groups -OCH3 is 2. The number of allylic oxidation sites excluding steroid dienone is 2. The van der Waals surface area contributed by atoms with Crippen LogP contribution in [-0.4, -0.2) is 105 Å². The quantitative estimate of drug-likeness (QED) is 0.0647. The van der Waals surface area contributed by atoms with Gasteiger partial charge in [0.2, 0.25) is 0 Å². The second-order valence-corrected chi connectivity index (χ2v) is 9.84. The van der Waals surface area contributed by atoms with Crippen LogP contribution in [0.4, 0.5) is 0 Å². The number of rotatable bonds is 23. The van der Waals surface area contributed by atoms with Crippen molar-refractivity contribution in [3.8, 4) is 0 Å². The normalized spacial score (nSPS) is 10.7. The van der Waals surface area contributed by atoms with Crippen LogP contribution in [0.15, 0.2) is 66.3 Å². The van der Waals surface area contributed by atoms with E-state index in [1.807, 2.05) is 68.5 Å². The van der Waals surface area contributed by atoms with Crippen molar-refractivity contribution in [2.45, 2.75) is 13.8 Å². The van der Waals surface area contributed by atoms with E-state index in [1.165, 1.54) is 0 Å². The summed E-state index contributed by atoms with van der Waals surface area (Å²) in [5, 5.41) is 5.57. The van der Waals surface area contributed by atoms with E-state index >= 15 is 0 Å². The molecule has 0 spiro atoms. The molecule has 0 atom stereocenters. The molecule has 0 bridgehead atoms. The fourth-order valence-electron chi connectivity index (χ4n) is 3.84. The van der Waals surface area contributed by atoms with Crippen LogP contribution in [0.2, 0.25) is 0 Å². The van der Waals surface area contributed by atoms with Crippen LogP contribution >= 0.6 is 0 Å². The van der Waals surface area contributed by atoms with Gasteiger partial charge in [0, 0.05) is 27.3 Å². The molecule has 10 heteroatoms. The molecule has 0 saturated carbocycles. The van der Waals surface area contributed by atoms with Gasteiger partial charge in [-0.1, -0.05) is 65.7 Å². The fraction of sp³-hybridized carbons (Fsp3) is 0.471. The number of aryl methyl sites for hydroxylation is 2. The maximum Gasteiger partial charge on any atom is 0.256 e. The maximum absolute atomic E-state index is 13.2. The second kappa shape index (κ2) is 23.1. The van der Waals surface area contributed by atoms with Gasteiger partial charge in [0.05, 0.1) is 66.1 Å². The summed E-state index contributed by atoms with van der Waals surface area (Å²) in [7, 11) is 3.23. The molecule has 0 radical (unpaired) electrons. The molecule has 0 aliphatic heterocycles. The molecule has 0 saturated heterocycles. The third kappa shape index (κ3) is 15.4. The van der Waals surface area contributed by atoms with Crippen LogP contribution in [0.25, 0.3) is 5.57 Å². The van der Waals surface area contributed by atoms with Gasteiger partial charge >= 0.3 is 0 Å². The lowest BCUT2D eigenvalue weighted by atomic mass is 9.95. The molecule has 0 fully saturated rings. The summed E-state index contributed by atoms with van der Waals surface area (Å²) in [5.41, 5.74) is 5.08. The Hall–Kier alpha value is -3.38. The summed E-state index contributed by atoms with van der Waals surface area (Å²) in [6.07, 6.45) is 3.38. The molecular weight excluding hydrogens is 564 g/mol. The van der Waals surface area contributed by atoms with Crippen LogP contribution in [0.1, 0.15) is 22.3 Å². The van der Waals surface area contributed by atoms with Crippen molar-refractivity contribution in [2.24, 2.45) is 0 Å². The number of hydrogen-bond donors (Lipinski definition) is 2. The standard InChI is InChI=1S/C34H48N2O8/c1-27-5-9-29(10-6-27)31(30-11-7-28(2)8-12-30)13-14-32(33(37)35-15-17-41-23-25-43-21-19-39-3)34(38)36-16-18-42-24-26-44-22-20-40-4/h5-14H,15-26H2,1-4H3,(H,35,37)(H,36,38). The largest absolute Gasteiger partial charge is 0.382 e. The summed E-state index contributed by atoms with van der Waals surface area (Å²) in [4.78, 5) is 26.4. The first-order valence-electron chi connectivity index (χ1n) is 14.9. The highest BCUT2D eigenvalue weighted by Gasteiger charge is 2.17. The zero-order valence-corrected chi connectivity index (χ0v) is 26.5. The average Bonchev–Trinajstić information content (AvgIpc) is 3.02. The minimum Gasteiger partial charge on any atom is -0.382 e. The number of benzene rings is 2. The van der Waals surface area contributed by atoms with Gasteiger partial charge in [0.1, 0.15) is 5.57 Å². The zero-order chi connectivity index (χ0) is 31.8. The summed E-state index contributed by atoms with van der Waals surface area (Å²) < 4.78 is 31.7. The van der Waals surface area contributed by atoms with E-state index in [-0.39, 0.29) is 31.9 Å². The molecule has 2 aromatic rings. The third-order valence-corrected chi connectivity index (χ3v) is 6.30. The molecule has 242 valence electrons. The molecule has 2 rings (SSSR count). The Kier molecular flexibility index (Phi) is 19.3. The third-order valence-electron chi connectivity index (χ3n) is 6.30. The highest BCUT2D eigenvalue weighted by Crippen LogP contribution is 2.25. The second-order valence-electron chi connectivity index (χ2n) is 9.84. The first-order valence-corrected chi connectivity index (χ1v) is 14.9. The van der Waals surface area contributed by atoms with E-state index in [9.17, 15) is 9.59 Å². The first kappa shape index (κ1) is 36.8. The van der Waals surface area contributed by atoms with E-state index in [2.05, 4.69) is 10.6 Å². The van der Waals surface area contributed by atoms with E-state index in [1.54, 1.807) is 20.3 Å². The topological polar surface area (TPSA) is 114 Å². The van der Waals surface area contributed by atoms with Crippen molar-refractivity contribution in [3.05, 3.63) is 88.5 Å². The molecule has 2 amide bonds. The lowest BCUT2D eigenvalue weighted by molar-refractivity contribution is -0.123. The van der Waals surface area contributed by atoms with Gasteiger partial charge in [-0.15, -0.1) is 0 Å². The summed E-state index contributed by atoms with van der Waals surface area (Å²) in [6.45, 7) is 8.75. The van der Waals surface area contributed by atoms with Crippen molar-refractivity contribution >= 4 is 17.4 Å². The molecule has 44 heavy (non-hydrogen) atoms. The van der Waals surface area contributed by atoms with Crippen molar-refractivity contribution in [1.29, 1.82) is 0 Å². The van der Waals surface area contributed by atoms with Crippen molar-refractivity contribution in [1.82, 2.24) is 10.6 Å². The molecule has 0 aliphatic carbocycles. The predicted octanol–water partition coefficient (Wildman–Crippen LogP) is 3.25. The Morgan fingerprint density at radius 2 is 0.909 bits per heavy atom. The van der Waals surface area contributed by atoms with Crippen molar-refractivity contribution in [2.75, 3.05) is 93.4 Å². The summed E-state index contributed by atoms with van der Waals surface area (Å²) in [5.74, 6) is -1.00. The van der Waals surface area contributed by atoms with Gasteiger partial charge in [0.15, 0.2) is 0 Å². The van der Waals surface area contributed by atoms with Crippen LogP contribution < -0.4 is 10.6 Å². The van der Waals surface area contributed by atoms with Gasteiger partial charge < -0.3 is 39.1 Å². The highest BCUT2D eigenvalue weighted by atomic mass is 16.5. The van der Waals surface area contributed by atoms with Crippen molar-refractivity contribution in [3.63, 3.8) is 0 Å². The monoisotopic (exact) mass is 612 g/mol. The SMILES string of the molecule is COCCOCCOCCNC(=O)C(=CC=C(c1ccc(C)cc1)c1ccc(C)cc1)C(=O)NCCOCCOCCOC. The Morgan fingerprint density at radius 1 is 0.545 bits per heavy atom. The number of carbonyl (C=O) groups is 2. The lowest BCUT2D eigenvalue weighted by Gasteiger charge is -2.12. The van der Waals surface area contributed by atoms with E-state index in [0.717, 1.165) is 27.8 Å². The molecular formula is C34H48N2O8. The number of nitrogens with one attached hydrogen (secondary N) is 2. The number of hydrogen-bond acceptors (Lipinski definition) is 8. The van der Waals surface area contributed by atoms with Crippen LogP contribution in [0.5, 0.6) is 0 Å². The smallest absolute Gasteiger partial charge is 0.256 e. The van der Waals surface area contributed by atoms with E-state index < -0.39 is 11.8 Å². The molecule has 0 unspecified atom stereocenters. The molecule has 0 aromatic heterocycles. The number of amides is 2. The average molecular weight is 613 g/mol. The molecule has 0 aliphatic rings. The number of ether oxygens (including phenoxy) is 6. The minimum atomic E-state index is -0.502. The van der Waals surface area contributed by atoms with Gasteiger partial charge in [-0.05, 0) is 36.6 Å². The maximum atomic E-state index is 13.2. The van der Waals surface area contributed by atoms with Crippen LogP contribution in [0, 0.1) is 13.8 Å². The zero-order valence-electron chi connectivity index (χ0n) is 26.5. The van der Waals surface area contributed by atoms with Gasteiger partial charge in [-0.25, -0.2) is 0 Å². The molecule has 2 aromatic carbocycles. The Morgan fingerprint density at radius 3 is 1.30 bits per heavy atom. The number of carbonyl (C=O) groups excluding carboxylic acids is 2. The van der Waals surface area contributed by atoms with E-state index in [0.29, 0.717) is 52.9 Å². The van der Waals surface area contributed by atoms with Gasteiger partial charge in [-0.2, -0.15) is 0 Å². The lowest BCUT2D eigenvalue weighted by Crippen LogP contribution is -2.37. The molecule has 10 nitrogen and oxygen atoms in total. The first-order chi connectivity index (χ1) is 21.5. The molecule has 2 N–H and O–H groups in total. The van der Waals surface area contributed by atoms with Gasteiger partial charge in [0.25, 0.3) is 11.8 Å². The Balaban J connectivity index is 2.10. The van der Waals surface area contributed by atoms with E-state index in [4.69, 9.17) is 28.4 Å². The Labute approximate surface area is 261 Å². The highest BCUT2D eigenvalue weighted by molar-refractivity contribution is 6.18. The predicted molar refractivity (Wildman–Crippen MR) is 171 cm³/mol. The summed E-state index contributed by atoms with van der Waals surface area (Å²) >= 11 is 0. The van der Waals surface area contributed by atoms with Crippen molar-refractivity contribution < 1.29 is 38.0 Å². The fourth-order valence-corrected chi connectivity index (χ4v) is 3.84. The van der Waals surface area contributed by atoms with Crippen LogP contribution in [0.3, 0.4) is 0 Å². The minimum absolute atomic E-state index is 0.0208. The van der Waals surface area contributed by atoms with Gasteiger partial charge in [-0.3, -0.25) is 9.59 Å². The Bertz CT molecular complexity index is 1060.